The highest BCUT2D eigenvalue weighted by atomic mass is 35.5. The minimum absolute atomic E-state index is 0.268. The maximum absolute atomic E-state index is 12.3. The van der Waals surface area contributed by atoms with Crippen molar-refractivity contribution in [2.24, 2.45) is 0 Å². The van der Waals surface area contributed by atoms with Crippen LogP contribution < -0.4 is 0 Å². The lowest BCUT2D eigenvalue weighted by atomic mass is 10.2. The van der Waals surface area contributed by atoms with E-state index >= 15 is 0 Å². The van der Waals surface area contributed by atoms with Crippen LogP contribution in [0.15, 0.2) is 24.4 Å². The van der Waals surface area contributed by atoms with Crippen LogP contribution in [0, 0.1) is 0 Å². The number of rotatable bonds is 1. The summed E-state index contributed by atoms with van der Waals surface area (Å²) >= 11 is 11.8. The van der Waals surface area contributed by atoms with Gasteiger partial charge in [0.25, 0.3) is 5.91 Å². The monoisotopic (exact) mass is 296 g/mol. The second kappa shape index (κ2) is 4.96. The molecule has 2 aromatic rings. The number of ether oxygens (including phenoxy) is 1. The predicted octanol–water partition coefficient (Wildman–Crippen LogP) is 2.95. The molecule has 1 aliphatic heterocycles. The van der Waals surface area contributed by atoms with Crippen molar-refractivity contribution in [1.29, 1.82) is 0 Å². The fourth-order valence-electron chi connectivity index (χ4n) is 2.02. The number of halogens is 2. The molecule has 2 heterocycles. The van der Waals surface area contributed by atoms with Crippen LogP contribution in [0.2, 0.25) is 10.0 Å². The van der Waals surface area contributed by atoms with Gasteiger partial charge in [0, 0.05) is 23.2 Å². The lowest BCUT2D eigenvalue weighted by molar-refractivity contribution is 0.0944. The van der Waals surface area contributed by atoms with E-state index in [1.807, 2.05) is 0 Å². The van der Waals surface area contributed by atoms with Gasteiger partial charge in [0.1, 0.15) is 0 Å². The predicted molar refractivity (Wildman–Crippen MR) is 71.8 cm³/mol. The Hall–Kier alpha value is -1.36. The van der Waals surface area contributed by atoms with Gasteiger partial charge >= 0.3 is 0 Å². The smallest absolute Gasteiger partial charge is 0.279 e. The van der Waals surface area contributed by atoms with E-state index in [-0.39, 0.29) is 5.91 Å². The number of benzene rings is 1. The molecule has 0 aliphatic carbocycles. The second-order valence-electron chi connectivity index (χ2n) is 4.28. The Labute approximate surface area is 119 Å². The molecule has 98 valence electrons. The van der Waals surface area contributed by atoms with Crippen LogP contribution >= 0.6 is 23.2 Å². The first-order valence-corrected chi connectivity index (χ1v) is 6.55. The number of hydrogen-bond acceptors (Lipinski definition) is 3. The van der Waals surface area contributed by atoms with Crippen molar-refractivity contribution in [3.05, 3.63) is 51.3 Å². The molecule has 0 fully saturated rings. The summed E-state index contributed by atoms with van der Waals surface area (Å²) in [6, 6.07) is 4.78. The number of hydrogen-bond donors (Lipinski definition) is 0. The first-order chi connectivity index (χ1) is 9.15. The zero-order chi connectivity index (χ0) is 13.4. The quantitative estimate of drug-likeness (QED) is 0.813. The maximum Gasteiger partial charge on any atom is 0.279 e. The minimum Gasteiger partial charge on any atom is -0.376 e. The number of nitrogens with zero attached hydrogens (tertiary/aromatic N) is 2. The third-order valence-corrected chi connectivity index (χ3v) is 3.54. The summed E-state index contributed by atoms with van der Waals surface area (Å²) in [7, 11) is 0. The van der Waals surface area contributed by atoms with Crippen LogP contribution in [0.1, 0.15) is 21.6 Å². The fourth-order valence-corrected chi connectivity index (χ4v) is 2.51. The maximum atomic E-state index is 12.3. The lowest BCUT2D eigenvalue weighted by Gasteiger charge is -2.08. The van der Waals surface area contributed by atoms with Crippen molar-refractivity contribution in [3.8, 4) is 0 Å². The molecule has 3 rings (SSSR count). The average Bonchev–Trinajstić information content (AvgIpc) is 2.81. The highest BCUT2D eigenvalue weighted by molar-refractivity contribution is 6.36. The van der Waals surface area contributed by atoms with Crippen LogP contribution in [0.5, 0.6) is 0 Å². The molecule has 19 heavy (non-hydrogen) atoms. The second-order valence-corrected chi connectivity index (χ2v) is 5.12. The number of carbonyl (C=O) groups is 1. The Bertz CT molecular complexity index is 629. The summed E-state index contributed by atoms with van der Waals surface area (Å²) in [5, 5.41) is 5.10. The zero-order valence-corrected chi connectivity index (χ0v) is 11.4. The third kappa shape index (κ3) is 2.39. The Morgan fingerprint density at radius 1 is 1.37 bits per heavy atom. The van der Waals surface area contributed by atoms with Crippen molar-refractivity contribution < 1.29 is 9.53 Å². The average molecular weight is 297 g/mol. The zero-order valence-electron chi connectivity index (χ0n) is 9.90. The van der Waals surface area contributed by atoms with E-state index in [2.05, 4.69) is 5.10 Å². The first kappa shape index (κ1) is 12.7. The molecule has 0 atom stereocenters. The Balaban J connectivity index is 1.97. The van der Waals surface area contributed by atoms with E-state index in [9.17, 15) is 4.79 Å². The van der Waals surface area contributed by atoms with Gasteiger partial charge in [0.2, 0.25) is 0 Å². The van der Waals surface area contributed by atoms with Gasteiger partial charge in [-0.2, -0.15) is 5.10 Å². The van der Waals surface area contributed by atoms with Gasteiger partial charge in [-0.05, 0) is 18.2 Å². The molecule has 1 aliphatic rings. The summed E-state index contributed by atoms with van der Waals surface area (Å²) in [6.45, 7) is 1.14. The van der Waals surface area contributed by atoms with Gasteiger partial charge in [0.15, 0.2) is 0 Å². The number of carbonyl (C=O) groups excluding carboxylic acids is 1. The highest BCUT2D eigenvalue weighted by Crippen LogP contribution is 2.22. The molecule has 0 unspecified atom stereocenters. The van der Waals surface area contributed by atoms with Crippen LogP contribution in [-0.2, 0) is 17.8 Å². The first-order valence-electron chi connectivity index (χ1n) is 5.80. The van der Waals surface area contributed by atoms with Crippen molar-refractivity contribution in [1.82, 2.24) is 9.78 Å². The molecule has 0 N–H and O–H groups in total. The summed E-state index contributed by atoms with van der Waals surface area (Å²) in [6.07, 6.45) is 2.42. The molecule has 1 aromatic heterocycles. The molecule has 0 saturated heterocycles. The standard InChI is InChI=1S/C13H10Cl2N2O2/c14-9-1-2-10(11(15)5-9)13(18)17-6-8-7-19-4-3-12(8)16-17/h1-2,5-6H,3-4,7H2. The minimum atomic E-state index is -0.268. The SMILES string of the molecule is O=C(c1ccc(Cl)cc1Cl)n1cc2c(n1)CCOC2. The van der Waals surface area contributed by atoms with Crippen molar-refractivity contribution in [2.75, 3.05) is 6.61 Å². The van der Waals surface area contributed by atoms with Gasteiger partial charge in [-0.1, -0.05) is 23.2 Å². The Kier molecular flexibility index (Phi) is 3.31. The molecule has 0 bridgehead atoms. The van der Waals surface area contributed by atoms with E-state index in [1.165, 1.54) is 4.68 Å². The fraction of sp³-hybridized carbons (Fsp3) is 0.231. The molecule has 0 radical (unpaired) electrons. The molecule has 1 aromatic carbocycles. The van der Waals surface area contributed by atoms with E-state index in [1.54, 1.807) is 24.4 Å². The molecular formula is C13H10Cl2N2O2. The van der Waals surface area contributed by atoms with Gasteiger partial charge < -0.3 is 4.74 Å². The normalized spacial score (nSPS) is 14.2. The molecule has 4 nitrogen and oxygen atoms in total. The van der Waals surface area contributed by atoms with E-state index in [0.29, 0.717) is 28.8 Å². The summed E-state index contributed by atoms with van der Waals surface area (Å²) < 4.78 is 6.64. The Morgan fingerprint density at radius 3 is 2.95 bits per heavy atom. The Morgan fingerprint density at radius 2 is 2.21 bits per heavy atom. The van der Waals surface area contributed by atoms with Gasteiger partial charge in [0.05, 0.1) is 29.5 Å². The molecular weight excluding hydrogens is 287 g/mol. The third-order valence-electron chi connectivity index (χ3n) is 2.99. The van der Waals surface area contributed by atoms with Gasteiger partial charge in [-0.15, -0.1) is 0 Å². The summed E-state index contributed by atoms with van der Waals surface area (Å²) in [4.78, 5) is 12.3. The molecule has 0 spiro atoms. The van der Waals surface area contributed by atoms with Crippen molar-refractivity contribution in [2.45, 2.75) is 13.0 Å². The van der Waals surface area contributed by atoms with Crippen LogP contribution in [0.4, 0.5) is 0 Å². The van der Waals surface area contributed by atoms with Crippen LogP contribution in [0.25, 0.3) is 0 Å². The summed E-state index contributed by atoms with van der Waals surface area (Å²) in [5.74, 6) is -0.268. The largest absolute Gasteiger partial charge is 0.376 e. The molecule has 0 amide bonds. The van der Waals surface area contributed by atoms with E-state index in [0.717, 1.165) is 17.7 Å². The van der Waals surface area contributed by atoms with E-state index < -0.39 is 0 Å². The highest BCUT2D eigenvalue weighted by Gasteiger charge is 2.19. The lowest BCUT2D eigenvalue weighted by Crippen LogP contribution is -2.13. The van der Waals surface area contributed by atoms with Crippen molar-refractivity contribution in [3.63, 3.8) is 0 Å². The number of fused-ring (bicyclic) bond motifs is 1. The van der Waals surface area contributed by atoms with Crippen molar-refractivity contribution >= 4 is 29.1 Å². The van der Waals surface area contributed by atoms with Gasteiger partial charge in [-0.3, -0.25) is 4.79 Å². The van der Waals surface area contributed by atoms with Crippen LogP contribution in [-0.4, -0.2) is 22.3 Å². The molecule has 6 heteroatoms. The molecule has 0 saturated carbocycles. The van der Waals surface area contributed by atoms with Crippen LogP contribution in [0.3, 0.4) is 0 Å². The van der Waals surface area contributed by atoms with Gasteiger partial charge in [-0.25, -0.2) is 4.68 Å². The van der Waals surface area contributed by atoms with E-state index in [4.69, 9.17) is 27.9 Å². The summed E-state index contributed by atoms with van der Waals surface area (Å²) in [5.41, 5.74) is 2.24. The number of aromatic nitrogens is 2. The topological polar surface area (TPSA) is 44.1 Å².